The third-order valence-corrected chi connectivity index (χ3v) is 2.94. The number of aromatic nitrogens is 4. The first-order chi connectivity index (χ1) is 7.11. The van der Waals surface area contributed by atoms with Gasteiger partial charge in [-0.25, -0.2) is 4.68 Å². The molecule has 1 aliphatic rings. The van der Waals surface area contributed by atoms with Gasteiger partial charge in [0.1, 0.15) is 0 Å². The van der Waals surface area contributed by atoms with Crippen molar-refractivity contribution in [2.24, 2.45) is 5.41 Å². The number of nitrogens with zero attached hydrogens (tertiary/aromatic N) is 4. The number of ether oxygens (including phenoxy) is 1. The van der Waals surface area contributed by atoms with Gasteiger partial charge in [-0.15, -0.1) is 16.7 Å². The Morgan fingerprint density at radius 3 is 3.07 bits per heavy atom. The van der Waals surface area contributed by atoms with E-state index in [-0.39, 0.29) is 10.8 Å². The van der Waals surface area contributed by atoms with Gasteiger partial charge in [0.15, 0.2) is 5.82 Å². The molecule has 0 amide bonds. The highest BCUT2D eigenvalue weighted by Crippen LogP contribution is 2.30. The topological polar surface area (TPSA) is 52.8 Å². The van der Waals surface area contributed by atoms with Crippen molar-refractivity contribution in [1.82, 2.24) is 20.2 Å². The van der Waals surface area contributed by atoms with Crippen LogP contribution in [0.2, 0.25) is 0 Å². The standard InChI is InChI=1S/C9H15ClN4O/c1-7(10)8-11-12-13-14(8)5-9(2)3-4-15-6-9/h7H,3-6H2,1-2H3. The molecule has 1 aromatic heterocycles. The zero-order chi connectivity index (χ0) is 10.9. The Morgan fingerprint density at radius 2 is 2.47 bits per heavy atom. The average molecular weight is 231 g/mol. The van der Waals surface area contributed by atoms with E-state index in [4.69, 9.17) is 16.3 Å². The Bertz CT molecular complexity index is 333. The lowest BCUT2D eigenvalue weighted by molar-refractivity contribution is 0.146. The summed E-state index contributed by atoms with van der Waals surface area (Å²) in [6.45, 7) is 6.42. The van der Waals surface area contributed by atoms with Gasteiger partial charge in [0.25, 0.3) is 0 Å². The van der Waals surface area contributed by atoms with Crippen LogP contribution >= 0.6 is 11.6 Å². The maximum absolute atomic E-state index is 5.99. The molecule has 2 unspecified atom stereocenters. The van der Waals surface area contributed by atoms with E-state index < -0.39 is 0 Å². The van der Waals surface area contributed by atoms with Crippen molar-refractivity contribution < 1.29 is 4.74 Å². The van der Waals surface area contributed by atoms with Crippen LogP contribution in [0, 0.1) is 5.41 Å². The summed E-state index contributed by atoms with van der Waals surface area (Å²) in [4.78, 5) is 0. The first-order valence-electron chi connectivity index (χ1n) is 5.09. The molecule has 1 fully saturated rings. The fourth-order valence-corrected chi connectivity index (χ4v) is 1.96. The van der Waals surface area contributed by atoms with Gasteiger partial charge in [-0.05, 0) is 23.8 Å². The van der Waals surface area contributed by atoms with Crippen molar-refractivity contribution in [3.05, 3.63) is 5.82 Å². The van der Waals surface area contributed by atoms with Gasteiger partial charge in [-0.1, -0.05) is 6.92 Å². The van der Waals surface area contributed by atoms with E-state index in [1.807, 2.05) is 6.92 Å². The highest BCUT2D eigenvalue weighted by Gasteiger charge is 2.31. The van der Waals surface area contributed by atoms with Gasteiger partial charge < -0.3 is 4.74 Å². The lowest BCUT2D eigenvalue weighted by Crippen LogP contribution is -2.25. The van der Waals surface area contributed by atoms with Crippen molar-refractivity contribution in [2.75, 3.05) is 13.2 Å². The van der Waals surface area contributed by atoms with Crippen molar-refractivity contribution in [3.63, 3.8) is 0 Å². The van der Waals surface area contributed by atoms with E-state index in [1.54, 1.807) is 4.68 Å². The Kier molecular flexibility index (Phi) is 2.93. The van der Waals surface area contributed by atoms with Gasteiger partial charge in [0, 0.05) is 12.0 Å². The van der Waals surface area contributed by atoms with Crippen LogP contribution in [0.15, 0.2) is 0 Å². The van der Waals surface area contributed by atoms with E-state index in [0.29, 0.717) is 0 Å². The molecule has 0 N–H and O–H groups in total. The quantitative estimate of drug-likeness (QED) is 0.737. The van der Waals surface area contributed by atoms with Crippen LogP contribution in [0.25, 0.3) is 0 Å². The highest BCUT2D eigenvalue weighted by molar-refractivity contribution is 6.20. The van der Waals surface area contributed by atoms with E-state index in [2.05, 4.69) is 22.4 Å². The molecule has 2 heterocycles. The fraction of sp³-hybridized carbons (Fsp3) is 0.889. The largest absolute Gasteiger partial charge is 0.381 e. The van der Waals surface area contributed by atoms with E-state index in [0.717, 1.165) is 32.0 Å². The number of halogens is 1. The van der Waals surface area contributed by atoms with Crippen molar-refractivity contribution >= 4 is 11.6 Å². The Balaban J connectivity index is 2.13. The molecule has 84 valence electrons. The molecule has 15 heavy (non-hydrogen) atoms. The number of alkyl halides is 1. The maximum Gasteiger partial charge on any atom is 0.168 e. The lowest BCUT2D eigenvalue weighted by atomic mass is 9.90. The van der Waals surface area contributed by atoms with Crippen LogP contribution in [0.3, 0.4) is 0 Å². The average Bonchev–Trinajstić information content (AvgIpc) is 2.75. The molecule has 2 atom stereocenters. The summed E-state index contributed by atoms with van der Waals surface area (Å²) in [7, 11) is 0. The van der Waals surface area contributed by atoms with Crippen molar-refractivity contribution in [1.29, 1.82) is 0 Å². The molecule has 0 radical (unpaired) electrons. The first-order valence-corrected chi connectivity index (χ1v) is 5.52. The van der Waals surface area contributed by atoms with Crippen LogP contribution in [0.1, 0.15) is 31.5 Å². The maximum atomic E-state index is 5.99. The van der Waals surface area contributed by atoms with Crippen LogP contribution in [-0.2, 0) is 11.3 Å². The monoisotopic (exact) mass is 230 g/mol. The normalized spacial score (nSPS) is 28.2. The Morgan fingerprint density at radius 1 is 1.67 bits per heavy atom. The molecular formula is C9H15ClN4O. The zero-order valence-corrected chi connectivity index (χ0v) is 9.74. The first kappa shape index (κ1) is 10.8. The smallest absolute Gasteiger partial charge is 0.168 e. The SMILES string of the molecule is CC(Cl)c1nnnn1CC1(C)CCOC1. The minimum Gasteiger partial charge on any atom is -0.381 e. The predicted octanol–water partition coefficient (Wildman–Crippen LogP) is 1.40. The summed E-state index contributed by atoms with van der Waals surface area (Å²) in [5, 5.41) is 11.4. The zero-order valence-electron chi connectivity index (χ0n) is 8.98. The van der Waals surface area contributed by atoms with Gasteiger partial charge in [-0.2, -0.15) is 0 Å². The number of hydrogen-bond donors (Lipinski definition) is 0. The molecule has 1 saturated heterocycles. The molecule has 1 aliphatic heterocycles. The molecule has 0 aliphatic carbocycles. The van der Waals surface area contributed by atoms with E-state index in [1.165, 1.54) is 0 Å². The molecule has 0 aromatic carbocycles. The summed E-state index contributed by atoms with van der Waals surface area (Å²) in [6.07, 6.45) is 1.04. The molecule has 0 bridgehead atoms. The lowest BCUT2D eigenvalue weighted by Gasteiger charge is -2.21. The van der Waals surface area contributed by atoms with Crippen LogP contribution < -0.4 is 0 Å². The molecule has 2 rings (SSSR count). The second-order valence-electron chi connectivity index (χ2n) is 4.42. The summed E-state index contributed by atoms with van der Waals surface area (Å²) in [5.74, 6) is 0.727. The second kappa shape index (κ2) is 4.06. The van der Waals surface area contributed by atoms with Gasteiger partial charge in [0.2, 0.25) is 0 Å². The van der Waals surface area contributed by atoms with Crippen molar-refractivity contribution in [3.8, 4) is 0 Å². The van der Waals surface area contributed by atoms with E-state index >= 15 is 0 Å². The predicted molar refractivity (Wildman–Crippen MR) is 55.6 cm³/mol. The van der Waals surface area contributed by atoms with Crippen LogP contribution in [0.4, 0.5) is 0 Å². The summed E-state index contributed by atoms with van der Waals surface area (Å²) in [6, 6.07) is 0. The fourth-order valence-electron chi connectivity index (χ4n) is 1.80. The van der Waals surface area contributed by atoms with Gasteiger partial charge >= 0.3 is 0 Å². The van der Waals surface area contributed by atoms with Crippen LogP contribution in [-0.4, -0.2) is 33.4 Å². The Hall–Kier alpha value is -0.680. The van der Waals surface area contributed by atoms with Gasteiger partial charge in [0.05, 0.1) is 18.5 Å². The van der Waals surface area contributed by atoms with Crippen molar-refractivity contribution in [2.45, 2.75) is 32.2 Å². The minimum atomic E-state index is -0.161. The number of rotatable bonds is 3. The molecule has 0 saturated carbocycles. The molecular weight excluding hydrogens is 216 g/mol. The third-order valence-electron chi connectivity index (χ3n) is 2.75. The summed E-state index contributed by atoms with van der Waals surface area (Å²) >= 11 is 5.99. The third kappa shape index (κ3) is 2.29. The second-order valence-corrected chi connectivity index (χ2v) is 5.08. The molecule has 1 aromatic rings. The number of tetrazole rings is 1. The summed E-state index contributed by atoms with van der Waals surface area (Å²) in [5.41, 5.74) is 0.135. The van der Waals surface area contributed by atoms with Gasteiger partial charge in [-0.3, -0.25) is 0 Å². The Labute approximate surface area is 93.7 Å². The highest BCUT2D eigenvalue weighted by atomic mass is 35.5. The molecule has 5 nitrogen and oxygen atoms in total. The minimum absolute atomic E-state index is 0.135. The molecule has 0 spiro atoms. The van der Waals surface area contributed by atoms with Crippen LogP contribution in [0.5, 0.6) is 0 Å². The summed E-state index contributed by atoms with van der Waals surface area (Å²) < 4.78 is 7.18. The van der Waals surface area contributed by atoms with E-state index in [9.17, 15) is 0 Å². The number of hydrogen-bond acceptors (Lipinski definition) is 4. The molecule has 6 heteroatoms.